The lowest BCUT2D eigenvalue weighted by Crippen LogP contribution is -2.13. The molecule has 0 spiro atoms. The van der Waals surface area contributed by atoms with Crippen LogP contribution in [0.2, 0.25) is 0 Å². The maximum absolute atomic E-state index is 13.1. The fourth-order valence-electron chi connectivity index (χ4n) is 1.22. The number of esters is 1. The molecule has 0 heterocycles. The molecule has 0 fully saturated rings. The average Bonchev–Trinajstić information content (AvgIpc) is 2.34. The number of methoxy groups -OCH3 is 1. The van der Waals surface area contributed by atoms with Gasteiger partial charge in [-0.05, 0) is 18.2 Å². The minimum absolute atomic E-state index is 0.00125. The summed E-state index contributed by atoms with van der Waals surface area (Å²) in [6.45, 7) is 0. The number of benzene rings is 1. The fourth-order valence-corrected chi connectivity index (χ4v) is 1.22. The van der Waals surface area contributed by atoms with Gasteiger partial charge in [-0.3, -0.25) is 4.79 Å². The number of nitrogens with zero attached hydrogens (tertiary/aromatic N) is 2. The van der Waals surface area contributed by atoms with Gasteiger partial charge in [-0.15, -0.1) is 0 Å². The number of amides is 1. The Morgan fingerprint density at radius 1 is 1.33 bits per heavy atom. The van der Waals surface area contributed by atoms with Gasteiger partial charge in [0.1, 0.15) is 5.82 Å². The quantitative estimate of drug-likeness (QED) is 0.463. The number of ether oxygens (including phenoxy) is 1. The van der Waals surface area contributed by atoms with E-state index in [0.29, 0.717) is 0 Å². The van der Waals surface area contributed by atoms with Gasteiger partial charge in [-0.1, -0.05) is 0 Å². The highest BCUT2D eigenvalue weighted by atomic mass is 19.1. The van der Waals surface area contributed by atoms with Gasteiger partial charge in [0.2, 0.25) is 0 Å². The summed E-state index contributed by atoms with van der Waals surface area (Å²) in [6.07, 6.45) is 1.30. The van der Waals surface area contributed by atoms with Crippen LogP contribution in [0.15, 0.2) is 23.2 Å². The molecule has 1 aromatic rings. The number of hydrogen-bond acceptors (Lipinski definition) is 3. The van der Waals surface area contributed by atoms with Crippen LogP contribution in [0, 0.1) is 5.82 Å². The van der Waals surface area contributed by atoms with Crippen LogP contribution in [0.4, 0.5) is 4.39 Å². The molecule has 0 aliphatic heterocycles. The molecule has 6 heteroatoms. The molecule has 0 N–H and O–H groups in total. The molecular formula is C12H13FN2O3. The number of rotatable bonds is 3. The van der Waals surface area contributed by atoms with Crippen molar-refractivity contribution in [3.05, 3.63) is 35.1 Å². The van der Waals surface area contributed by atoms with Gasteiger partial charge in [0.25, 0.3) is 5.91 Å². The van der Waals surface area contributed by atoms with Crippen LogP contribution in [0.25, 0.3) is 0 Å². The lowest BCUT2D eigenvalue weighted by atomic mass is 10.1. The summed E-state index contributed by atoms with van der Waals surface area (Å²) in [4.78, 5) is 28.4. The van der Waals surface area contributed by atoms with E-state index >= 15 is 0 Å². The maximum atomic E-state index is 13.1. The van der Waals surface area contributed by atoms with Crippen molar-refractivity contribution < 1.29 is 18.7 Å². The van der Waals surface area contributed by atoms with Crippen molar-refractivity contribution >= 4 is 18.2 Å². The predicted octanol–water partition coefficient (Wildman–Crippen LogP) is 1.34. The maximum Gasteiger partial charge on any atom is 0.338 e. The van der Waals surface area contributed by atoms with Gasteiger partial charge >= 0.3 is 5.97 Å². The molecule has 1 rings (SSSR count). The van der Waals surface area contributed by atoms with E-state index in [9.17, 15) is 14.0 Å². The molecule has 0 bridgehead atoms. The van der Waals surface area contributed by atoms with Gasteiger partial charge in [0, 0.05) is 14.1 Å². The third-order valence-corrected chi connectivity index (χ3v) is 2.02. The van der Waals surface area contributed by atoms with Crippen LogP contribution in [0.1, 0.15) is 20.7 Å². The topological polar surface area (TPSA) is 59.0 Å². The smallest absolute Gasteiger partial charge is 0.338 e. The average molecular weight is 252 g/mol. The molecule has 0 saturated heterocycles. The van der Waals surface area contributed by atoms with E-state index in [1.807, 2.05) is 0 Å². The molecule has 1 amide bonds. The first-order valence-electron chi connectivity index (χ1n) is 5.08. The number of aliphatic imine (C=N–C) groups is 1. The summed E-state index contributed by atoms with van der Waals surface area (Å²) in [7, 11) is 4.55. The van der Waals surface area contributed by atoms with Crippen LogP contribution in [0.5, 0.6) is 0 Å². The van der Waals surface area contributed by atoms with E-state index in [1.165, 1.54) is 12.4 Å². The normalized spacial score (nSPS) is 10.4. The van der Waals surface area contributed by atoms with Gasteiger partial charge in [0.05, 0.1) is 24.6 Å². The Balaban J connectivity index is 3.15. The zero-order valence-corrected chi connectivity index (χ0v) is 10.3. The van der Waals surface area contributed by atoms with Gasteiger partial charge in [-0.2, -0.15) is 4.99 Å². The third kappa shape index (κ3) is 3.38. The summed E-state index contributed by atoms with van der Waals surface area (Å²) in [6, 6.07) is 3.24. The van der Waals surface area contributed by atoms with Gasteiger partial charge < -0.3 is 9.64 Å². The zero-order chi connectivity index (χ0) is 13.7. The molecule has 0 aliphatic rings. The number of carbonyl (C=O) groups is 2. The van der Waals surface area contributed by atoms with E-state index < -0.39 is 17.7 Å². The van der Waals surface area contributed by atoms with Crippen molar-refractivity contribution in [3.63, 3.8) is 0 Å². The first kappa shape index (κ1) is 13.8. The molecule has 0 atom stereocenters. The lowest BCUT2D eigenvalue weighted by Gasteiger charge is -2.06. The second-order valence-corrected chi connectivity index (χ2v) is 3.69. The Labute approximate surface area is 104 Å². The third-order valence-electron chi connectivity index (χ3n) is 2.02. The monoisotopic (exact) mass is 252 g/mol. The largest absolute Gasteiger partial charge is 0.465 e. The molecule has 0 aliphatic carbocycles. The van der Waals surface area contributed by atoms with Crippen molar-refractivity contribution in [3.8, 4) is 0 Å². The Morgan fingerprint density at radius 3 is 2.56 bits per heavy atom. The highest BCUT2D eigenvalue weighted by molar-refractivity contribution is 6.07. The standard InChI is InChI=1S/C12H13FN2O3/c1-15(2)7-14-11(16)9-5-4-8(13)6-10(9)12(17)18-3/h4-7H,1-3H3/b14-7+. The summed E-state index contributed by atoms with van der Waals surface area (Å²) in [5.41, 5.74) is -0.139. The molecule has 0 radical (unpaired) electrons. The molecule has 1 aromatic carbocycles. The first-order valence-corrected chi connectivity index (χ1v) is 5.08. The highest BCUT2D eigenvalue weighted by Crippen LogP contribution is 2.14. The van der Waals surface area contributed by atoms with E-state index in [1.54, 1.807) is 19.0 Å². The Kier molecular flexibility index (Phi) is 4.53. The lowest BCUT2D eigenvalue weighted by molar-refractivity contribution is 0.0596. The van der Waals surface area contributed by atoms with E-state index in [0.717, 1.165) is 19.2 Å². The SMILES string of the molecule is COC(=O)c1cc(F)ccc1C(=O)/N=C/N(C)C. The Hall–Kier alpha value is -2.24. The second kappa shape index (κ2) is 5.90. The van der Waals surface area contributed by atoms with Gasteiger partial charge in [0.15, 0.2) is 0 Å². The van der Waals surface area contributed by atoms with Crippen molar-refractivity contribution in [2.75, 3.05) is 21.2 Å². The minimum atomic E-state index is -0.780. The van der Waals surface area contributed by atoms with Crippen molar-refractivity contribution in [2.24, 2.45) is 4.99 Å². The summed E-state index contributed by atoms with van der Waals surface area (Å²) in [5, 5.41) is 0. The minimum Gasteiger partial charge on any atom is -0.465 e. The first-order chi connectivity index (χ1) is 8.45. The molecule has 0 unspecified atom stereocenters. The van der Waals surface area contributed by atoms with Crippen LogP contribution < -0.4 is 0 Å². The number of hydrogen-bond donors (Lipinski definition) is 0. The summed E-state index contributed by atoms with van der Waals surface area (Å²) >= 11 is 0. The van der Waals surface area contributed by atoms with Crippen LogP contribution in [-0.4, -0.2) is 44.3 Å². The van der Waals surface area contributed by atoms with Crippen molar-refractivity contribution in [2.45, 2.75) is 0 Å². The molecule has 96 valence electrons. The van der Waals surface area contributed by atoms with Gasteiger partial charge in [-0.25, -0.2) is 9.18 Å². The molecule has 0 saturated carbocycles. The fraction of sp³-hybridized carbons (Fsp3) is 0.250. The van der Waals surface area contributed by atoms with Crippen molar-refractivity contribution in [1.82, 2.24) is 4.90 Å². The Bertz CT molecular complexity index is 498. The summed E-state index contributed by atoms with van der Waals surface area (Å²) < 4.78 is 17.5. The van der Waals surface area contributed by atoms with E-state index in [-0.39, 0.29) is 11.1 Å². The van der Waals surface area contributed by atoms with Crippen LogP contribution >= 0.6 is 0 Å². The molecule has 5 nitrogen and oxygen atoms in total. The number of carbonyl (C=O) groups excluding carboxylic acids is 2. The molecular weight excluding hydrogens is 239 g/mol. The molecule has 18 heavy (non-hydrogen) atoms. The number of halogens is 1. The zero-order valence-electron chi connectivity index (χ0n) is 10.3. The Morgan fingerprint density at radius 2 is 2.00 bits per heavy atom. The van der Waals surface area contributed by atoms with Crippen LogP contribution in [-0.2, 0) is 4.74 Å². The van der Waals surface area contributed by atoms with E-state index in [4.69, 9.17) is 0 Å². The second-order valence-electron chi connectivity index (χ2n) is 3.69. The predicted molar refractivity (Wildman–Crippen MR) is 64.2 cm³/mol. The summed E-state index contributed by atoms with van der Waals surface area (Å²) in [5.74, 6) is -2.04. The molecule has 0 aromatic heterocycles. The van der Waals surface area contributed by atoms with Crippen molar-refractivity contribution in [1.29, 1.82) is 0 Å². The van der Waals surface area contributed by atoms with Crippen LogP contribution in [0.3, 0.4) is 0 Å². The highest BCUT2D eigenvalue weighted by Gasteiger charge is 2.17. The van der Waals surface area contributed by atoms with E-state index in [2.05, 4.69) is 9.73 Å².